The Morgan fingerprint density at radius 1 is 1.12 bits per heavy atom. The zero-order chi connectivity index (χ0) is 16.9. The lowest BCUT2D eigenvalue weighted by atomic mass is 9.85. The van der Waals surface area contributed by atoms with Crippen molar-refractivity contribution in [1.29, 1.82) is 0 Å². The molecule has 0 fully saturated rings. The number of carbonyl (C=O) groups is 1. The van der Waals surface area contributed by atoms with Crippen LogP contribution in [0.25, 0.3) is 0 Å². The van der Waals surface area contributed by atoms with E-state index in [9.17, 15) is 18.0 Å². The summed E-state index contributed by atoms with van der Waals surface area (Å²) >= 11 is 0. The molecule has 1 aliphatic heterocycles. The second kappa shape index (κ2) is 5.22. The van der Waals surface area contributed by atoms with Gasteiger partial charge in [-0.25, -0.2) is 4.68 Å². The van der Waals surface area contributed by atoms with Crippen LogP contribution in [-0.4, -0.2) is 15.6 Å². The first-order chi connectivity index (χ1) is 11.4. The number of alkyl halides is 3. The monoisotopic (exact) mass is 333 g/mol. The summed E-state index contributed by atoms with van der Waals surface area (Å²) in [5, 5.41) is 7.48. The summed E-state index contributed by atoms with van der Waals surface area (Å²) in [5.41, 5.74) is 1.38. The van der Waals surface area contributed by atoms with Crippen LogP contribution in [0.5, 0.6) is 0 Å². The molecular weight excluding hydrogens is 319 g/mol. The van der Waals surface area contributed by atoms with Gasteiger partial charge in [0.05, 0.1) is 11.8 Å². The minimum Gasteiger partial charge on any atom is -0.343 e. The Morgan fingerprint density at radius 3 is 2.58 bits per heavy atom. The molecule has 0 amide bonds. The van der Waals surface area contributed by atoms with Crippen molar-refractivity contribution in [3.63, 3.8) is 0 Å². The fraction of sp³-hybridized carbons (Fsp3) is 0.294. The zero-order valence-electron chi connectivity index (χ0n) is 12.6. The molecule has 2 aromatic rings. The van der Waals surface area contributed by atoms with Crippen molar-refractivity contribution in [3.8, 4) is 0 Å². The van der Waals surface area contributed by atoms with E-state index in [2.05, 4.69) is 10.4 Å². The van der Waals surface area contributed by atoms with Crippen LogP contribution in [0.15, 0.2) is 47.8 Å². The SMILES string of the molecule is O=C1CCCC2=C1C(c1ccc(C(F)(F)F)cc1)n1nccc1N2. The van der Waals surface area contributed by atoms with Crippen molar-refractivity contribution in [2.24, 2.45) is 0 Å². The molecule has 0 saturated heterocycles. The first kappa shape index (κ1) is 15.0. The smallest absolute Gasteiger partial charge is 0.343 e. The van der Waals surface area contributed by atoms with Crippen molar-refractivity contribution < 1.29 is 18.0 Å². The number of aromatic nitrogens is 2. The molecule has 4 rings (SSSR count). The van der Waals surface area contributed by atoms with E-state index in [4.69, 9.17) is 0 Å². The molecule has 4 nitrogen and oxygen atoms in total. The number of ketones is 1. The van der Waals surface area contributed by atoms with Crippen LogP contribution in [0.1, 0.15) is 36.4 Å². The number of nitrogens with zero attached hydrogens (tertiary/aromatic N) is 2. The number of hydrogen-bond donors (Lipinski definition) is 1. The summed E-state index contributed by atoms with van der Waals surface area (Å²) in [7, 11) is 0. The first-order valence-corrected chi connectivity index (χ1v) is 7.69. The Balaban J connectivity index is 1.83. The molecule has 0 saturated carbocycles. The summed E-state index contributed by atoms with van der Waals surface area (Å²) in [5.74, 6) is 0.767. The van der Waals surface area contributed by atoms with E-state index in [1.54, 1.807) is 16.9 Å². The molecule has 124 valence electrons. The van der Waals surface area contributed by atoms with Crippen LogP contribution in [0.4, 0.5) is 19.0 Å². The summed E-state index contributed by atoms with van der Waals surface area (Å²) in [6.45, 7) is 0. The second-order valence-electron chi connectivity index (χ2n) is 5.98. The number of Topliss-reactive ketones (excluding diaryl/α,β-unsaturated/α-hetero) is 1. The van der Waals surface area contributed by atoms with Crippen molar-refractivity contribution >= 4 is 11.6 Å². The van der Waals surface area contributed by atoms with Crippen LogP contribution in [-0.2, 0) is 11.0 Å². The standard InChI is InChI=1S/C17H14F3N3O/c18-17(19,20)11-6-4-10(5-7-11)16-15-12(2-1-3-13(15)24)22-14-8-9-21-23(14)16/h4-9,16,22H,1-3H2. The van der Waals surface area contributed by atoms with Gasteiger partial charge in [0.15, 0.2) is 5.78 Å². The lowest BCUT2D eigenvalue weighted by Crippen LogP contribution is -2.31. The molecule has 0 bridgehead atoms. The molecule has 0 spiro atoms. The third-order valence-electron chi connectivity index (χ3n) is 4.48. The van der Waals surface area contributed by atoms with Gasteiger partial charge in [-0.1, -0.05) is 12.1 Å². The van der Waals surface area contributed by atoms with Gasteiger partial charge in [-0.15, -0.1) is 0 Å². The number of hydrogen-bond acceptors (Lipinski definition) is 3. The number of nitrogens with one attached hydrogen (secondary N) is 1. The largest absolute Gasteiger partial charge is 0.416 e. The molecule has 1 aromatic heterocycles. The predicted molar refractivity (Wildman–Crippen MR) is 81.3 cm³/mol. The number of rotatable bonds is 1. The minimum atomic E-state index is -4.38. The number of carbonyl (C=O) groups excluding carboxylic acids is 1. The van der Waals surface area contributed by atoms with Crippen LogP contribution in [0.3, 0.4) is 0 Å². The molecule has 1 atom stereocenters. The van der Waals surface area contributed by atoms with E-state index in [0.29, 0.717) is 17.6 Å². The lowest BCUT2D eigenvalue weighted by molar-refractivity contribution is -0.137. The van der Waals surface area contributed by atoms with Crippen molar-refractivity contribution in [1.82, 2.24) is 9.78 Å². The van der Waals surface area contributed by atoms with E-state index in [0.717, 1.165) is 36.5 Å². The van der Waals surface area contributed by atoms with Crippen LogP contribution >= 0.6 is 0 Å². The van der Waals surface area contributed by atoms with Crippen LogP contribution in [0, 0.1) is 0 Å². The lowest BCUT2D eigenvalue weighted by Gasteiger charge is -2.33. The minimum absolute atomic E-state index is 0.0230. The van der Waals surface area contributed by atoms with E-state index in [-0.39, 0.29) is 5.78 Å². The molecule has 1 aliphatic carbocycles. The van der Waals surface area contributed by atoms with Gasteiger partial charge in [0.1, 0.15) is 11.9 Å². The van der Waals surface area contributed by atoms with E-state index >= 15 is 0 Å². The van der Waals surface area contributed by atoms with Gasteiger partial charge in [0.2, 0.25) is 0 Å². The third kappa shape index (κ3) is 2.31. The molecule has 1 unspecified atom stereocenters. The van der Waals surface area contributed by atoms with Crippen molar-refractivity contribution in [3.05, 3.63) is 58.9 Å². The van der Waals surface area contributed by atoms with E-state index in [1.807, 2.05) is 0 Å². The highest BCUT2D eigenvalue weighted by molar-refractivity contribution is 5.99. The van der Waals surface area contributed by atoms with Gasteiger partial charge in [-0.3, -0.25) is 4.79 Å². The number of halogens is 3. The van der Waals surface area contributed by atoms with Gasteiger partial charge < -0.3 is 5.32 Å². The number of benzene rings is 1. The molecule has 0 radical (unpaired) electrons. The Kier molecular flexibility index (Phi) is 3.26. The Morgan fingerprint density at radius 2 is 1.88 bits per heavy atom. The number of fused-ring (bicyclic) bond motifs is 1. The average Bonchev–Trinajstić information content (AvgIpc) is 3.00. The summed E-state index contributed by atoms with van der Waals surface area (Å²) < 4.78 is 40.0. The quantitative estimate of drug-likeness (QED) is 0.860. The normalized spacial score (nSPS) is 20.5. The van der Waals surface area contributed by atoms with E-state index in [1.165, 1.54) is 12.1 Å². The molecule has 1 aromatic carbocycles. The highest BCUT2D eigenvalue weighted by Crippen LogP contribution is 2.40. The Bertz CT molecular complexity index is 834. The van der Waals surface area contributed by atoms with Crippen molar-refractivity contribution in [2.75, 3.05) is 5.32 Å². The number of allylic oxidation sites excluding steroid dienone is 2. The van der Waals surface area contributed by atoms with Crippen LogP contribution < -0.4 is 5.32 Å². The molecule has 2 aliphatic rings. The second-order valence-corrected chi connectivity index (χ2v) is 5.98. The maximum absolute atomic E-state index is 12.8. The highest BCUT2D eigenvalue weighted by Gasteiger charge is 2.36. The maximum atomic E-state index is 12.8. The summed E-state index contributed by atoms with van der Waals surface area (Å²) in [6.07, 6.45) is -0.785. The average molecular weight is 333 g/mol. The fourth-order valence-electron chi connectivity index (χ4n) is 3.37. The molecule has 7 heteroatoms. The van der Waals surface area contributed by atoms with E-state index < -0.39 is 17.8 Å². The molecular formula is C17H14F3N3O. The first-order valence-electron chi connectivity index (χ1n) is 7.69. The van der Waals surface area contributed by atoms with Gasteiger partial charge in [-0.2, -0.15) is 18.3 Å². The highest BCUT2D eigenvalue weighted by atomic mass is 19.4. The topological polar surface area (TPSA) is 46.9 Å². The third-order valence-corrected chi connectivity index (χ3v) is 4.48. The van der Waals surface area contributed by atoms with Crippen LogP contribution in [0.2, 0.25) is 0 Å². The van der Waals surface area contributed by atoms with Gasteiger partial charge in [0.25, 0.3) is 0 Å². The Hall–Kier alpha value is -2.57. The summed E-state index contributed by atoms with van der Waals surface area (Å²) in [4.78, 5) is 12.5. The number of anilines is 1. The molecule has 2 heterocycles. The maximum Gasteiger partial charge on any atom is 0.416 e. The van der Waals surface area contributed by atoms with Gasteiger partial charge >= 0.3 is 6.18 Å². The molecule has 1 N–H and O–H groups in total. The van der Waals surface area contributed by atoms with Gasteiger partial charge in [-0.05, 0) is 30.5 Å². The van der Waals surface area contributed by atoms with Gasteiger partial charge in [0, 0.05) is 23.8 Å². The predicted octanol–water partition coefficient (Wildman–Crippen LogP) is 3.92. The summed E-state index contributed by atoms with van der Waals surface area (Å²) in [6, 6.07) is 6.26. The van der Waals surface area contributed by atoms with Crippen molar-refractivity contribution in [2.45, 2.75) is 31.5 Å². The molecule has 24 heavy (non-hydrogen) atoms. The fourth-order valence-corrected chi connectivity index (χ4v) is 3.37. The Labute approximate surface area is 136 Å². The zero-order valence-corrected chi connectivity index (χ0v) is 12.6.